The Morgan fingerprint density at radius 1 is 1.48 bits per heavy atom. The third-order valence-corrected chi connectivity index (χ3v) is 4.57. The quantitative estimate of drug-likeness (QED) is 0.913. The second kappa shape index (κ2) is 5.22. The van der Waals surface area contributed by atoms with E-state index in [0.29, 0.717) is 30.2 Å². The van der Waals surface area contributed by atoms with Crippen LogP contribution >= 0.6 is 11.6 Å². The number of carbonyl (C=O) groups excluding carboxylic acids is 1. The molecule has 0 spiro atoms. The van der Waals surface area contributed by atoms with Crippen molar-refractivity contribution in [1.82, 2.24) is 9.80 Å². The summed E-state index contributed by atoms with van der Waals surface area (Å²) in [5.41, 5.74) is 2.45. The van der Waals surface area contributed by atoms with Crippen molar-refractivity contribution in [1.29, 1.82) is 0 Å². The molecule has 21 heavy (non-hydrogen) atoms. The van der Waals surface area contributed by atoms with Crippen LogP contribution < -0.4 is 0 Å². The van der Waals surface area contributed by atoms with Gasteiger partial charge in [-0.15, -0.1) is 0 Å². The highest BCUT2D eigenvalue weighted by Gasteiger charge is 2.36. The molecule has 1 unspecified atom stereocenters. The molecule has 0 aliphatic carbocycles. The van der Waals surface area contributed by atoms with Crippen LogP contribution in [0, 0.1) is 0 Å². The predicted octanol–water partition coefficient (Wildman–Crippen LogP) is 3.13. The van der Waals surface area contributed by atoms with Gasteiger partial charge in [0, 0.05) is 30.2 Å². The molecule has 112 valence electrons. The lowest BCUT2D eigenvalue weighted by molar-refractivity contribution is 0.0786. The van der Waals surface area contributed by atoms with E-state index in [0.717, 1.165) is 24.0 Å². The van der Waals surface area contributed by atoms with E-state index in [1.165, 1.54) is 4.90 Å². The van der Waals surface area contributed by atoms with Gasteiger partial charge >= 0.3 is 6.09 Å². The molecule has 6 heteroatoms. The number of hydrogen-bond acceptors (Lipinski definition) is 2. The standard InChI is InChI=1S/C15H17ClN2O3/c1-2-17-8-12-10(6-9(16)7-11(12)14(17)19)13-4-3-5-18(13)15(20)21/h6-7,13H,2-5,8H2,1H3,(H,20,21). The van der Waals surface area contributed by atoms with Crippen molar-refractivity contribution in [2.24, 2.45) is 0 Å². The van der Waals surface area contributed by atoms with E-state index < -0.39 is 6.09 Å². The molecule has 1 atom stereocenters. The van der Waals surface area contributed by atoms with Crippen molar-refractivity contribution in [3.63, 3.8) is 0 Å². The lowest BCUT2D eigenvalue weighted by Crippen LogP contribution is -2.29. The lowest BCUT2D eigenvalue weighted by Gasteiger charge is -2.24. The molecule has 0 radical (unpaired) electrons. The first kappa shape index (κ1) is 14.2. The van der Waals surface area contributed by atoms with Crippen molar-refractivity contribution >= 4 is 23.6 Å². The third-order valence-electron chi connectivity index (χ3n) is 4.36. The average Bonchev–Trinajstić information content (AvgIpc) is 3.04. The van der Waals surface area contributed by atoms with Crippen molar-refractivity contribution in [2.45, 2.75) is 32.4 Å². The van der Waals surface area contributed by atoms with Crippen LogP contribution in [0.4, 0.5) is 4.79 Å². The van der Waals surface area contributed by atoms with Crippen LogP contribution in [-0.2, 0) is 6.54 Å². The van der Waals surface area contributed by atoms with Crippen LogP contribution in [0.2, 0.25) is 5.02 Å². The van der Waals surface area contributed by atoms with E-state index in [1.54, 1.807) is 11.0 Å². The molecule has 1 N–H and O–H groups in total. The summed E-state index contributed by atoms with van der Waals surface area (Å²) in [5, 5.41) is 9.82. The predicted molar refractivity (Wildman–Crippen MR) is 78.6 cm³/mol. The Balaban J connectivity index is 2.07. The summed E-state index contributed by atoms with van der Waals surface area (Å²) >= 11 is 6.15. The summed E-state index contributed by atoms with van der Waals surface area (Å²) in [4.78, 5) is 26.9. The molecule has 1 fully saturated rings. The first-order chi connectivity index (χ1) is 10.0. The zero-order valence-corrected chi connectivity index (χ0v) is 12.6. The van der Waals surface area contributed by atoms with Gasteiger partial charge in [0.25, 0.3) is 5.91 Å². The third kappa shape index (κ3) is 2.25. The zero-order chi connectivity index (χ0) is 15.1. The fraction of sp³-hybridized carbons (Fsp3) is 0.467. The Bertz CT molecular complexity index is 617. The average molecular weight is 309 g/mol. The van der Waals surface area contributed by atoms with Gasteiger partial charge in [0.1, 0.15) is 0 Å². The molecule has 1 aromatic rings. The Hall–Kier alpha value is -1.75. The number of hydrogen-bond donors (Lipinski definition) is 1. The van der Waals surface area contributed by atoms with Gasteiger partial charge in [0.2, 0.25) is 0 Å². The van der Waals surface area contributed by atoms with Gasteiger partial charge in [0.15, 0.2) is 0 Å². The molecule has 3 rings (SSSR count). The smallest absolute Gasteiger partial charge is 0.407 e. The van der Waals surface area contributed by atoms with Crippen LogP contribution in [-0.4, -0.2) is 40.0 Å². The molecule has 2 aliphatic heterocycles. The topological polar surface area (TPSA) is 60.9 Å². The number of carbonyl (C=O) groups is 2. The van der Waals surface area contributed by atoms with E-state index in [1.807, 2.05) is 13.0 Å². The lowest BCUT2D eigenvalue weighted by atomic mass is 9.96. The molecule has 0 saturated carbocycles. The van der Waals surface area contributed by atoms with Gasteiger partial charge in [0.05, 0.1) is 6.04 Å². The molecule has 1 aromatic carbocycles. The monoisotopic (exact) mass is 308 g/mol. The van der Waals surface area contributed by atoms with Gasteiger partial charge < -0.3 is 14.9 Å². The first-order valence-electron chi connectivity index (χ1n) is 7.14. The van der Waals surface area contributed by atoms with Crippen LogP contribution in [0.5, 0.6) is 0 Å². The highest BCUT2D eigenvalue weighted by Crippen LogP contribution is 2.39. The van der Waals surface area contributed by atoms with Crippen LogP contribution in [0.15, 0.2) is 12.1 Å². The Morgan fingerprint density at radius 3 is 2.90 bits per heavy atom. The summed E-state index contributed by atoms with van der Waals surface area (Å²) in [6, 6.07) is 3.32. The summed E-state index contributed by atoms with van der Waals surface area (Å²) in [7, 11) is 0. The SMILES string of the molecule is CCN1Cc2c(cc(Cl)cc2C2CCCN2C(=O)O)C1=O. The molecule has 2 amide bonds. The maximum absolute atomic E-state index is 12.3. The minimum atomic E-state index is -0.914. The molecule has 0 bridgehead atoms. The summed E-state index contributed by atoms with van der Waals surface area (Å²) in [6.07, 6.45) is 0.700. The molecule has 2 heterocycles. The van der Waals surface area contributed by atoms with Crippen LogP contribution in [0.3, 0.4) is 0 Å². The van der Waals surface area contributed by atoms with Crippen LogP contribution in [0.25, 0.3) is 0 Å². The van der Waals surface area contributed by atoms with E-state index >= 15 is 0 Å². The van der Waals surface area contributed by atoms with Crippen molar-refractivity contribution in [3.05, 3.63) is 33.8 Å². The molecule has 2 aliphatic rings. The fourth-order valence-electron chi connectivity index (χ4n) is 3.33. The highest BCUT2D eigenvalue weighted by atomic mass is 35.5. The van der Waals surface area contributed by atoms with Gasteiger partial charge in [-0.25, -0.2) is 4.79 Å². The van der Waals surface area contributed by atoms with Gasteiger partial charge in [-0.05, 0) is 43.0 Å². The van der Waals surface area contributed by atoms with E-state index in [2.05, 4.69) is 0 Å². The summed E-state index contributed by atoms with van der Waals surface area (Å²) < 4.78 is 0. The Labute approximate surface area is 128 Å². The Kier molecular flexibility index (Phi) is 3.53. The minimum Gasteiger partial charge on any atom is -0.465 e. The van der Waals surface area contributed by atoms with Crippen molar-refractivity contribution in [3.8, 4) is 0 Å². The van der Waals surface area contributed by atoms with E-state index in [-0.39, 0.29) is 11.9 Å². The molecular weight excluding hydrogens is 292 g/mol. The number of rotatable bonds is 2. The number of benzene rings is 1. The second-order valence-corrected chi connectivity index (χ2v) is 5.91. The number of amides is 2. The fourth-order valence-corrected chi connectivity index (χ4v) is 3.56. The Morgan fingerprint density at radius 2 is 2.24 bits per heavy atom. The maximum Gasteiger partial charge on any atom is 0.407 e. The maximum atomic E-state index is 12.3. The zero-order valence-electron chi connectivity index (χ0n) is 11.8. The number of likely N-dealkylation sites (tertiary alicyclic amines) is 1. The summed E-state index contributed by atoms with van der Waals surface area (Å²) in [5.74, 6) is -0.0175. The summed E-state index contributed by atoms with van der Waals surface area (Å²) in [6.45, 7) is 3.65. The van der Waals surface area contributed by atoms with Crippen molar-refractivity contribution in [2.75, 3.05) is 13.1 Å². The van der Waals surface area contributed by atoms with E-state index in [4.69, 9.17) is 11.6 Å². The van der Waals surface area contributed by atoms with Gasteiger partial charge in [-0.2, -0.15) is 0 Å². The molecule has 5 nitrogen and oxygen atoms in total. The van der Waals surface area contributed by atoms with Gasteiger partial charge in [-0.3, -0.25) is 4.79 Å². The van der Waals surface area contributed by atoms with Crippen LogP contribution in [0.1, 0.15) is 47.3 Å². The second-order valence-electron chi connectivity index (χ2n) is 5.47. The largest absolute Gasteiger partial charge is 0.465 e. The highest BCUT2D eigenvalue weighted by molar-refractivity contribution is 6.31. The van der Waals surface area contributed by atoms with Crippen molar-refractivity contribution < 1.29 is 14.7 Å². The molecule has 0 aromatic heterocycles. The number of fused-ring (bicyclic) bond motifs is 1. The number of nitrogens with zero attached hydrogens (tertiary/aromatic N) is 2. The first-order valence-corrected chi connectivity index (χ1v) is 7.52. The molecular formula is C15H17ClN2O3. The van der Waals surface area contributed by atoms with Gasteiger partial charge in [-0.1, -0.05) is 11.6 Å². The number of halogens is 1. The number of carboxylic acid groups (broad SMARTS) is 1. The normalized spacial score (nSPS) is 21.0. The van der Waals surface area contributed by atoms with E-state index in [9.17, 15) is 14.7 Å². The molecule has 1 saturated heterocycles. The minimum absolute atomic E-state index is 0.0175.